The smallest absolute Gasteiger partial charge is 0.0129 e. The lowest BCUT2D eigenvalue weighted by molar-refractivity contribution is 0.543. The minimum Gasteiger partial charge on any atom is -0.290 e. The number of hydrogen-bond donors (Lipinski definition) is 0. The van der Waals surface area contributed by atoms with Crippen molar-refractivity contribution in [2.45, 2.75) is 18.2 Å². The van der Waals surface area contributed by atoms with Gasteiger partial charge in [0.2, 0.25) is 0 Å². The van der Waals surface area contributed by atoms with Gasteiger partial charge in [-0.15, -0.1) is 0 Å². The maximum atomic E-state index is 3.47. The Bertz CT molecular complexity index is 48.4. The normalized spacial score (nSPS) is 14.6. The molecule has 1 nitrogen and oxygen atoms in total. The molecule has 0 saturated carbocycles. The Balaban J connectivity index is 2.93. The predicted octanol–water partition coefficient (Wildman–Crippen LogP) is 1.88. The number of halogens is 1. The van der Waals surface area contributed by atoms with Crippen LogP contribution in [0.25, 0.3) is 0 Å². The van der Waals surface area contributed by atoms with Crippen LogP contribution in [0.5, 0.6) is 0 Å². The summed E-state index contributed by atoms with van der Waals surface area (Å²) in [5, 5.41) is 0. The van der Waals surface area contributed by atoms with Crippen molar-refractivity contribution < 1.29 is 0 Å². The second-order valence-corrected chi connectivity index (χ2v) is 4.49. The summed E-state index contributed by atoms with van der Waals surface area (Å²) >= 11 is 3.47. The van der Waals surface area contributed by atoms with Crippen LogP contribution in [0.4, 0.5) is 0 Å². The van der Waals surface area contributed by atoms with Crippen molar-refractivity contribution in [2.75, 3.05) is 13.6 Å². The molecule has 0 N–H and O–H groups in total. The van der Waals surface area contributed by atoms with Gasteiger partial charge >= 0.3 is 0 Å². The second kappa shape index (κ2) is 4.72. The first kappa shape index (κ1) is 8.87. The van der Waals surface area contributed by atoms with Gasteiger partial charge in [-0.3, -0.25) is 4.67 Å². The van der Waals surface area contributed by atoms with Gasteiger partial charge in [0.05, 0.1) is 0 Å². The minimum atomic E-state index is 0.644. The molecule has 0 rings (SSSR count). The van der Waals surface area contributed by atoms with E-state index in [9.17, 15) is 0 Å². The van der Waals surface area contributed by atoms with Crippen molar-refractivity contribution in [2.24, 2.45) is 0 Å². The fourth-order valence-corrected chi connectivity index (χ4v) is 0.735. The van der Waals surface area contributed by atoms with Crippen LogP contribution in [0.3, 0.4) is 0 Å². The summed E-state index contributed by atoms with van der Waals surface area (Å²) in [5.74, 6) is 0. The van der Waals surface area contributed by atoms with E-state index in [1.807, 2.05) is 0 Å². The van der Waals surface area contributed by atoms with Crippen LogP contribution in [0, 0.1) is 0 Å². The highest BCUT2D eigenvalue weighted by molar-refractivity contribution is 9.09. The van der Waals surface area contributed by atoms with Gasteiger partial charge < -0.3 is 0 Å². The molecule has 0 aromatic carbocycles. The molecule has 0 radical (unpaired) electrons. The largest absolute Gasteiger partial charge is 0.290 e. The molecule has 0 aliphatic heterocycles. The molecule has 3 heteroatoms. The van der Waals surface area contributed by atoms with Crippen molar-refractivity contribution in [1.29, 1.82) is 0 Å². The first-order valence-corrected chi connectivity index (χ1v) is 4.16. The molecule has 0 amide bonds. The quantitative estimate of drug-likeness (QED) is 0.494. The number of hydrogen-bond acceptors (Lipinski definition) is 1. The van der Waals surface area contributed by atoms with Crippen LogP contribution in [0.1, 0.15) is 13.3 Å². The fourth-order valence-electron chi connectivity index (χ4n) is 0.382. The van der Waals surface area contributed by atoms with Crippen molar-refractivity contribution >= 4 is 25.3 Å². The van der Waals surface area contributed by atoms with Crippen LogP contribution in [0.2, 0.25) is 0 Å². The summed E-state index contributed by atoms with van der Waals surface area (Å²) in [6, 6.07) is 0. The van der Waals surface area contributed by atoms with Gasteiger partial charge in [-0.2, -0.15) is 0 Å². The van der Waals surface area contributed by atoms with Crippen LogP contribution in [-0.2, 0) is 0 Å². The lowest BCUT2D eigenvalue weighted by Crippen LogP contribution is -2.08. The zero-order chi connectivity index (χ0) is 6.57. The third-order valence-corrected chi connectivity index (χ3v) is 1.60. The maximum absolute atomic E-state index is 3.47. The molecule has 0 aliphatic carbocycles. The molecular weight excluding hydrogens is 185 g/mol. The Morgan fingerprint density at radius 2 is 2.25 bits per heavy atom. The summed E-state index contributed by atoms with van der Waals surface area (Å²) in [7, 11) is 4.69. The summed E-state index contributed by atoms with van der Waals surface area (Å²) in [4.78, 5) is 0.644. The number of rotatable bonds is 3. The average molecular weight is 198 g/mol. The molecule has 0 aromatic heterocycles. The fraction of sp³-hybridized carbons (Fsp3) is 1.00. The zero-order valence-corrected chi connectivity index (χ0v) is 8.13. The molecule has 0 saturated heterocycles. The van der Waals surface area contributed by atoms with Crippen LogP contribution in [0.15, 0.2) is 0 Å². The van der Waals surface area contributed by atoms with E-state index in [2.05, 4.69) is 44.0 Å². The van der Waals surface area contributed by atoms with Gasteiger partial charge in [-0.05, 0) is 13.5 Å². The minimum absolute atomic E-state index is 0.644. The molecule has 0 aliphatic rings. The Morgan fingerprint density at radius 3 is 2.38 bits per heavy atom. The van der Waals surface area contributed by atoms with Gasteiger partial charge in [-0.25, -0.2) is 0 Å². The topological polar surface area (TPSA) is 3.24 Å². The maximum Gasteiger partial charge on any atom is 0.0129 e. The van der Waals surface area contributed by atoms with E-state index in [4.69, 9.17) is 0 Å². The Morgan fingerprint density at radius 1 is 1.75 bits per heavy atom. The first-order valence-electron chi connectivity index (χ1n) is 2.73. The van der Waals surface area contributed by atoms with E-state index in [1.165, 1.54) is 6.42 Å². The molecule has 0 aromatic rings. The van der Waals surface area contributed by atoms with Crippen LogP contribution in [-0.4, -0.2) is 23.1 Å². The Kier molecular flexibility index (Phi) is 5.23. The van der Waals surface area contributed by atoms with E-state index in [-0.39, 0.29) is 0 Å². The summed E-state index contributed by atoms with van der Waals surface area (Å²) in [5.41, 5.74) is 0. The molecule has 2 atom stereocenters. The Labute approximate surface area is 62.2 Å². The molecule has 0 spiro atoms. The number of nitrogens with zero attached hydrogens (tertiary/aromatic N) is 1. The molecular formula is C5H13BrNP. The lowest BCUT2D eigenvalue weighted by Gasteiger charge is -2.08. The lowest BCUT2D eigenvalue weighted by atomic mass is 10.3. The van der Waals surface area contributed by atoms with Gasteiger partial charge in [-0.1, -0.05) is 32.2 Å². The molecule has 8 heavy (non-hydrogen) atoms. The Hall–Kier alpha value is 0.870. The van der Waals surface area contributed by atoms with Crippen molar-refractivity contribution in [3.05, 3.63) is 0 Å². The summed E-state index contributed by atoms with van der Waals surface area (Å²) < 4.78 is 2.11. The van der Waals surface area contributed by atoms with Crippen LogP contribution >= 0.6 is 25.3 Å². The highest BCUT2D eigenvalue weighted by Crippen LogP contribution is 2.05. The van der Waals surface area contributed by atoms with Gasteiger partial charge in [0.1, 0.15) is 0 Å². The van der Waals surface area contributed by atoms with Gasteiger partial charge in [0.25, 0.3) is 0 Å². The van der Waals surface area contributed by atoms with Crippen molar-refractivity contribution in [3.8, 4) is 0 Å². The second-order valence-electron chi connectivity index (χ2n) is 2.05. The predicted molar refractivity (Wildman–Crippen MR) is 45.3 cm³/mol. The SMILES string of the molecule is CC(Br)CCN(C)P. The van der Waals surface area contributed by atoms with Gasteiger partial charge in [0.15, 0.2) is 0 Å². The zero-order valence-electron chi connectivity index (χ0n) is 5.39. The third kappa shape index (κ3) is 6.87. The molecule has 0 bridgehead atoms. The van der Waals surface area contributed by atoms with Crippen molar-refractivity contribution in [3.63, 3.8) is 0 Å². The summed E-state index contributed by atoms with van der Waals surface area (Å²) in [6.45, 7) is 3.30. The van der Waals surface area contributed by atoms with E-state index in [0.717, 1.165) is 6.54 Å². The molecule has 0 heterocycles. The standard InChI is InChI=1S/C5H13BrNP/c1-5(6)3-4-7(2)8/h5H,3-4,8H2,1-2H3. The van der Waals surface area contributed by atoms with Crippen molar-refractivity contribution in [1.82, 2.24) is 4.67 Å². The first-order chi connectivity index (χ1) is 3.63. The monoisotopic (exact) mass is 197 g/mol. The molecule has 0 fully saturated rings. The number of alkyl halides is 1. The summed E-state index contributed by atoms with van der Waals surface area (Å²) in [6.07, 6.45) is 1.21. The molecule has 50 valence electrons. The van der Waals surface area contributed by atoms with E-state index in [0.29, 0.717) is 4.83 Å². The van der Waals surface area contributed by atoms with E-state index in [1.54, 1.807) is 0 Å². The van der Waals surface area contributed by atoms with E-state index >= 15 is 0 Å². The third-order valence-electron chi connectivity index (χ3n) is 0.880. The van der Waals surface area contributed by atoms with Crippen LogP contribution < -0.4 is 0 Å². The van der Waals surface area contributed by atoms with Gasteiger partial charge in [0, 0.05) is 11.4 Å². The highest BCUT2D eigenvalue weighted by atomic mass is 79.9. The van der Waals surface area contributed by atoms with E-state index < -0.39 is 0 Å². The highest BCUT2D eigenvalue weighted by Gasteiger charge is 1.94. The average Bonchev–Trinajstić information content (AvgIpc) is 1.61. The molecule has 2 unspecified atom stereocenters.